The van der Waals surface area contributed by atoms with Crippen LogP contribution in [0, 0.1) is 18.3 Å². The average Bonchev–Trinajstić information content (AvgIpc) is 3.34. The Kier molecular flexibility index (Phi) is 4.87. The van der Waals surface area contributed by atoms with E-state index in [1.54, 1.807) is 6.20 Å². The third kappa shape index (κ3) is 3.43. The Morgan fingerprint density at radius 1 is 1.37 bits per heavy atom. The maximum absolute atomic E-state index is 12.9. The maximum atomic E-state index is 12.9. The monoisotopic (exact) mass is 376 g/mol. The minimum atomic E-state index is -0.106. The van der Waals surface area contributed by atoms with Crippen LogP contribution in [0.25, 0.3) is 10.3 Å². The Morgan fingerprint density at radius 3 is 2.96 bits per heavy atom. The molecule has 1 aliphatic heterocycles. The van der Waals surface area contributed by atoms with Gasteiger partial charge in [-0.05, 0) is 37.3 Å². The zero-order chi connectivity index (χ0) is 18.8. The van der Waals surface area contributed by atoms with Gasteiger partial charge in [0.1, 0.15) is 6.07 Å². The van der Waals surface area contributed by atoms with Crippen molar-refractivity contribution < 1.29 is 4.79 Å². The number of rotatable bonds is 5. The first-order chi connectivity index (χ1) is 13.2. The first-order valence-electron chi connectivity index (χ1n) is 9.17. The van der Waals surface area contributed by atoms with Crippen LogP contribution in [0.3, 0.4) is 0 Å². The third-order valence-electron chi connectivity index (χ3n) is 5.15. The van der Waals surface area contributed by atoms with E-state index in [9.17, 15) is 10.1 Å². The topological polar surface area (TPSA) is 69.9 Å². The van der Waals surface area contributed by atoms with E-state index in [-0.39, 0.29) is 11.8 Å². The van der Waals surface area contributed by atoms with Crippen molar-refractivity contribution in [3.63, 3.8) is 0 Å². The molecule has 0 N–H and O–H groups in total. The van der Waals surface area contributed by atoms with Crippen LogP contribution in [-0.2, 0) is 11.2 Å². The Morgan fingerprint density at radius 2 is 2.19 bits per heavy atom. The number of hydrogen-bond acceptors (Lipinski definition) is 6. The van der Waals surface area contributed by atoms with Crippen LogP contribution in [-0.4, -0.2) is 28.3 Å². The fourth-order valence-electron chi connectivity index (χ4n) is 3.62. The van der Waals surface area contributed by atoms with Crippen LogP contribution in [0.1, 0.15) is 36.0 Å². The van der Waals surface area contributed by atoms with Crippen molar-refractivity contribution in [2.45, 2.75) is 38.6 Å². The molecule has 3 heterocycles. The fraction of sp³-hybridized carbons (Fsp3) is 0.333. The Hall–Kier alpha value is -2.78. The van der Waals surface area contributed by atoms with Crippen LogP contribution < -0.4 is 4.90 Å². The molecule has 0 bridgehead atoms. The molecule has 1 atom stereocenters. The summed E-state index contributed by atoms with van der Waals surface area (Å²) in [5.41, 5.74) is 3.35. The zero-order valence-electron chi connectivity index (χ0n) is 15.2. The molecular weight excluding hydrogens is 356 g/mol. The van der Waals surface area contributed by atoms with Gasteiger partial charge in [0.2, 0.25) is 0 Å². The molecule has 0 amide bonds. The van der Waals surface area contributed by atoms with Gasteiger partial charge in [-0.2, -0.15) is 10.2 Å². The summed E-state index contributed by atoms with van der Waals surface area (Å²) < 4.78 is 0.937. The van der Waals surface area contributed by atoms with Crippen LogP contribution in [0.15, 0.2) is 36.5 Å². The van der Waals surface area contributed by atoms with Gasteiger partial charge in [-0.15, -0.1) is 0 Å². The largest absolute Gasteiger partial charge is 0.338 e. The van der Waals surface area contributed by atoms with Crippen molar-refractivity contribution in [2.24, 2.45) is 0 Å². The Labute approximate surface area is 162 Å². The van der Waals surface area contributed by atoms with E-state index >= 15 is 0 Å². The summed E-state index contributed by atoms with van der Waals surface area (Å²) in [6.07, 6.45) is 4.77. The summed E-state index contributed by atoms with van der Waals surface area (Å²) in [7, 11) is 0. The normalized spacial score (nSPS) is 16.6. The van der Waals surface area contributed by atoms with E-state index < -0.39 is 0 Å². The number of Topliss-reactive ketones (excluding diaryl/α,β-unsaturated/α-hetero) is 1. The number of fused-ring (bicyclic) bond motifs is 1. The summed E-state index contributed by atoms with van der Waals surface area (Å²) in [5, 5.41) is 10.0. The smallest absolute Gasteiger partial charge is 0.188 e. The second kappa shape index (κ2) is 7.45. The highest BCUT2D eigenvalue weighted by Gasteiger charge is 2.32. The van der Waals surface area contributed by atoms with Gasteiger partial charge in [0.05, 0.1) is 16.3 Å². The van der Waals surface area contributed by atoms with Gasteiger partial charge < -0.3 is 4.90 Å². The first-order valence-corrected chi connectivity index (χ1v) is 9.98. The number of nitrogens with zero attached hydrogens (tertiary/aromatic N) is 4. The van der Waals surface area contributed by atoms with Crippen LogP contribution in [0.5, 0.6) is 0 Å². The van der Waals surface area contributed by atoms with Gasteiger partial charge in [0.25, 0.3) is 0 Å². The number of carbonyl (C=O) groups excluding carboxylic acids is 1. The zero-order valence-corrected chi connectivity index (χ0v) is 16.0. The third-order valence-corrected chi connectivity index (χ3v) is 6.35. The molecule has 0 radical (unpaired) electrons. The number of thiazole rings is 1. The van der Waals surface area contributed by atoms with Crippen molar-refractivity contribution in [3.05, 3.63) is 53.2 Å². The predicted octanol–water partition coefficient (Wildman–Crippen LogP) is 4.04. The lowest BCUT2D eigenvalue weighted by Gasteiger charge is -2.22. The van der Waals surface area contributed by atoms with E-state index in [2.05, 4.69) is 33.1 Å². The fourth-order valence-corrected chi connectivity index (χ4v) is 4.73. The molecule has 2 aromatic heterocycles. The highest BCUT2D eigenvalue weighted by Crippen LogP contribution is 2.35. The number of aryl methyl sites for hydroxylation is 2. The van der Waals surface area contributed by atoms with E-state index in [0.717, 1.165) is 41.2 Å². The molecular formula is C21H20N4OS. The van der Waals surface area contributed by atoms with Crippen molar-refractivity contribution in [3.8, 4) is 6.07 Å². The lowest BCUT2D eigenvalue weighted by Crippen LogP contribution is -2.36. The number of nitriles is 1. The average molecular weight is 376 g/mol. The van der Waals surface area contributed by atoms with Gasteiger partial charge in [-0.3, -0.25) is 4.79 Å². The van der Waals surface area contributed by atoms with E-state index in [0.29, 0.717) is 17.6 Å². The summed E-state index contributed by atoms with van der Waals surface area (Å²) in [6.45, 7) is 2.77. The highest BCUT2D eigenvalue weighted by molar-refractivity contribution is 7.22. The lowest BCUT2D eigenvalue weighted by molar-refractivity contribution is -0.120. The molecule has 0 spiro atoms. The van der Waals surface area contributed by atoms with Gasteiger partial charge in [0, 0.05) is 19.2 Å². The second-order valence-corrected chi connectivity index (χ2v) is 7.84. The Balaban J connectivity index is 1.54. The number of hydrogen-bond donors (Lipinski definition) is 0. The number of benzene rings is 1. The van der Waals surface area contributed by atoms with Crippen molar-refractivity contribution in [1.82, 2.24) is 9.97 Å². The second-order valence-electron chi connectivity index (χ2n) is 6.86. The van der Waals surface area contributed by atoms with Crippen molar-refractivity contribution in [2.75, 3.05) is 11.4 Å². The highest BCUT2D eigenvalue weighted by atomic mass is 32.1. The summed E-state index contributed by atoms with van der Waals surface area (Å²) in [5.74, 6) is 0.276. The predicted molar refractivity (Wildman–Crippen MR) is 107 cm³/mol. The molecule has 0 aliphatic carbocycles. The minimum absolute atomic E-state index is 0.106. The summed E-state index contributed by atoms with van der Waals surface area (Å²) in [4.78, 5) is 24.0. The Bertz CT molecular complexity index is 1020. The van der Waals surface area contributed by atoms with Gasteiger partial charge in [-0.25, -0.2) is 4.98 Å². The molecule has 6 heteroatoms. The van der Waals surface area contributed by atoms with Gasteiger partial charge in [0.15, 0.2) is 16.6 Å². The molecule has 0 unspecified atom stereocenters. The number of carbonyl (C=O) groups is 1. The number of aromatic nitrogens is 2. The van der Waals surface area contributed by atoms with Gasteiger partial charge >= 0.3 is 0 Å². The van der Waals surface area contributed by atoms with Crippen molar-refractivity contribution in [1.29, 1.82) is 5.26 Å². The number of ketones is 1. The molecule has 1 saturated heterocycles. The molecule has 0 saturated carbocycles. The molecule has 5 nitrogen and oxygen atoms in total. The van der Waals surface area contributed by atoms with Crippen molar-refractivity contribution >= 4 is 32.6 Å². The molecule has 27 heavy (non-hydrogen) atoms. The van der Waals surface area contributed by atoms with Gasteiger partial charge in [-0.1, -0.05) is 41.7 Å². The maximum Gasteiger partial charge on any atom is 0.188 e. The standard InChI is InChI=1S/C21H20N4OS/c1-14-16(12-22)13-23-20-19(14)27-21(24-20)25-11-5-8-17(25)18(26)10-9-15-6-3-2-4-7-15/h2-4,6-7,13,17H,5,8-11H2,1H3/t17-/m1/s1. The number of anilines is 1. The molecule has 136 valence electrons. The van der Waals surface area contributed by atoms with E-state index in [4.69, 9.17) is 0 Å². The number of pyridine rings is 1. The first kappa shape index (κ1) is 17.6. The van der Waals surface area contributed by atoms with Crippen LogP contribution in [0.4, 0.5) is 5.13 Å². The SMILES string of the molecule is Cc1c(C#N)cnc2nc(N3CCC[C@@H]3C(=O)CCc3ccccc3)sc12. The quantitative estimate of drug-likeness (QED) is 0.672. The van der Waals surface area contributed by atoms with Crippen LogP contribution in [0.2, 0.25) is 0 Å². The minimum Gasteiger partial charge on any atom is -0.338 e. The molecule has 1 aromatic carbocycles. The molecule has 3 aromatic rings. The summed E-state index contributed by atoms with van der Waals surface area (Å²) in [6, 6.07) is 12.2. The summed E-state index contributed by atoms with van der Waals surface area (Å²) >= 11 is 1.54. The van der Waals surface area contributed by atoms with E-state index in [1.165, 1.54) is 16.9 Å². The molecule has 1 fully saturated rings. The molecule has 4 rings (SSSR count). The van der Waals surface area contributed by atoms with E-state index in [1.807, 2.05) is 25.1 Å². The lowest BCUT2D eigenvalue weighted by atomic mass is 10.0. The van der Waals surface area contributed by atoms with Crippen LogP contribution >= 0.6 is 11.3 Å². The molecule has 1 aliphatic rings.